The summed E-state index contributed by atoms with van der Waals surface area (Å²) >= 11 is 0. The Kier molecular flexibility index (Phi) is 5.81. The van der Waals surface area contributed by atoms with Crippen molar-refractivity contribution in [1.29, 1.82) is 0 Å². The summed E-state index contributed by atoms with van der Waals surface area (Å²) in [6.07, 6.45) is -4.35. The maximum Gasteiger partial charge on any atom is 0.411 e. The minimum atomic E-state index is -4.35. The van der Waals surface area contributed by atoms with E-state index in [4.69, 9.17) is 4.74 Å². The van der Waals surface area contributed by atoms with Crippen LogP contribution in [0, 0.1) is 0 Å². The van der Waals surface area contributed by atoms with E-state index in [9.17, 15) is 18.0 Å². The maximum atomic E-state index is 12.2. The second-order valence-electron chi connectivity index (χ2n) is 4.96. The predicted molar refractivity (Wildman–Crippen MR) is 83.1 cm³/mol. The van der Waals surface area contributed by atoms with Gasteiger partial charge in [-0.3, -0.25) is 4.79 Å². The van der Waals surface area contributed by atoms with Crippen LogP contribution < -0.4 is 10.1 Å². The van der Waals surface area contributed by atoms with E-state index in [1.54, 1.807) is 36.4 Å². The summed E-state index contributed by atoms with van der Waals surface area (Å²) in [6.45, 7) is -1.48. The van der Waals surface area contributed by atoms with E-state index in [-0.39, 0.29) is 12.5 Å². The molecule has 2 aromatic carbocycles. The number of methoxy groups -OCH3 is 1. The zero-order valence-corrected chi connectivity index (χ0v) is 12.9. The number of hydrogen-bond donors (Lipinski definition) is 1. The molecule has 2 rings (SSSR count). The first-order chi connectivity index (χ1) is 11.4. The van der Waals surface area contributed by atoms with Crippen LogP contribution in [0.3, 0.4) is 0 Å². The Hall–Kier alpha value is -2.54. The van der Waals surface area contributed by atoms with Gasteiger partial charge >= 0.3 is 6.18 Å². The molecule has 0 aromatic heterocycles. The second-order valence-corrected chi connectivity index (χ2v) is 4.96. The number of halogens is 3. The molecule has 0 fully saturated rings. The number of rotatable bonds is 6. The van der Waals surface area contributed by atoms with Gasteiger partial charge in [-0.05, 0) is 29.8 Å². The normalized spacial score (nSPS) is 11.2. The molecule has 0 spiro atoms. The summed E-state index contributed by atoms with van der Waals surface area (Å²) in [7, 11) is 1.50. The van der Waals surface area contributed by atoms with Crippen LogP contribution in [0.2, 0.25) is 0 Å². The fraction of sp³-hybridized carbons (Fsp3) is 0.235. The molecule has 0 aliphatic carbocycles. The number of hydrogen-bond acceptors (Lipinski definition) is 3. The third-order valence-electron chi connectivity index (χ3n) is 3.11. The first-order valence-corrected chi connectivity index (χ1v) is 7.07. The van der Waals surface area contributed by atoms with Crippen LogP contribution in [-0.2, 0) is 11.3 Å². The molecule has 24 heavy (non-hydrogen) atoms. The molecule has 2 aromatic rings. The van der Waals surface area contributed by atoms with Crippen LogP contribution in [0.4, 0.5) is 18.9 Å². The molecule has 0 aliphatic rings. The Morgan fingerprint density at radius 2 is 1.75 bits per heavy atom. The van der Waals surface area contributed by atoms with Gasteiger partial charge in [-0.1, -0.05) is 24.3 Å². The number of nitrogens with one attached hydrogen (secondary N) is 1. The molecule has 0 heterocycles. The number of anilines is 1. The molecule has 0 unspecified atom stereocenters. The van der Waals surface area contributed by atoms with E-state index >= 15 is 0 Å². The maximum absolute atomic E-state index is 12.2. The number of ether oxygens (including phenoxy) is 2. The van der Waals surface area contributed by atoms with Crippen LogP contribution in [0.5, 0.6) is 5.75 Å². The fourth-order valence-corrected chi connectivity index (χ4v) is 1.98. The molecule has 0 aliphatic heterocycles. The number of amides is 1. The van der Waals surface area contributed by atoms with Crippen molar-refractivity contribution >= 4 is 11.6 Å². The predicted octanol–water partition coefficient (Wildman–Crippen LogP) is 4.03. The summed E-state index contributed by atoms with van der Waals surface area (Å²) in [5, 5.41) is 2.72. The first-order valence-electron chi connectivity index (χ1n) is 7.07. The Bertz CT molecular complexity index is 684. The van der Waals surface area contributed by atoms with Crippen molar-refractivity contribution < 1.29 is 27.4 Å². The molecule has 1 N–H and O–H groups in total. The quantitative estimate of drug-likeness (QED) is 0.864. The summed E-state index contributed by atoms with van der Waals surface area (Å²) in [5.41, 5.74) is 1.45. The van der Waals surface area contributed by atoms with E-state index in [0.29, 0.717) is 22.6 Å². The molecule has 0 atom stereocenters. The summed E-state index contributed by atoms with van der Waals surface area (Å²) < 4.78 is 45.7. The highest BCUT2D eigenvalue weighted by Gasteiger charge is 2.27. The Morgan fingerprint density at radius 3 is 2.38 bits per heavy atom. The van der Waals surface area contributed by atoms with E-state index in [0.717, 1.165) is 0 Å². The minimum absolute atomic E-state index is 0.173. The summed E-state index contributed by atoms with van der Waals surface area (Å²) in [5.74, 6) is 0.185. The Morgan fingerprint density at radius 1 is 1.08 bits per heavy atom. The SMILES string of the molecule is COc1ccccc1NC(=O)c1ccc(COCC(F)(F)F)cc1. The third-order valence-corrected chi connectivity index (χ3v) is 3.11. The largest absolute Gasteiger partial charge is 0.495 e. The average molecular weight is 339 g/mol. The van der Waals surface area contributed by atoms with Crippen LogP contribution in [0.25, 0.3) is 0 Å². The highest BCUT2D eigenvalue weighted by molar-refractivity contribution is 6.05. The topological polar surface area (TPSA) is 47.6 Å². The van der Waals surface area contributed by atoms with Gasteiger partial charge < -0.3 is 14.8 Å². The molecular formula is C17H16F3NO3. The molecule has 128 valence electrons. The number of carbonyl (C=O) groups excluding carboxylic acids is 1. The highest BCUT2D eigenvalue weighted by atomic mass is 19.4. The molecule has 0 radical (unpaired) electrons. The monoisotopic (exact) mass is 339 g/mol. The highest BCUT2D eigenvalue weighted by Crippen LogP contribution is 2.23. The van der Waals surface area contributed by atoms with Gasteiger partial charge in [-0.25, -0.2) is 0 Å². The van der Waals surface area contributed by atoms with Gasteiger partial charge in [0, 0.05) is 5.56 Å². The van der Waals surface area contributed by atoms with Crippen molar-refractivity contribution in [2.75, 3.05) is 19.0 Å². The van der Waals surface area contributed by atoms with Crippen molar-refractivity contribution in [3.8, 4) is 5.75 Å². The van der Waals surface area contributed by atoms with Crippen LogP contribution >= 0.6 is 0 Å². The van der Waals surface area contributed by atoms with Gasteiger partial charge in [0.05, 0.1) is 19.4 Å². The lowest BCUT2D eigenvalue weighted by Gasteiger charge is -2.10. The smallest absolute Gasteiger partial charge is 0.411 e. The van der Waals surface area contributed by atoms with Gasteiger partial charge in [0.15, 0.2) is 0 Å². The zero-order valence-electron chi connectivity index (χ0n) is 12.9. The van der Waals surface area contributed by atoms with Crippen LogP contribution in [-0.4, -0.2) is 25.8 Å². The number of carbonyl (C=O) groups is 1. The van der Waals surface area contributed by atoms with Gasteiger partial charge in [-0.2, -0.15) is 13.2 Å². The van der Waals surface area contributed by atoms with Gasteiger partial charge in [0.1, 0.15) is 12.4 Å². The van der Waals surface area contributed by atoms with E-state index in [1.807, 2.05) is 0 Å². The second kappa shape index (κ2) is 7.83. The molecular weight excluding hydrogens is 323 g/mol. The third kappa shape index (κ3) is 5.27. The molecule has 0 saturated heterocycles. The lowest BCUT2D eigenvalue weighted by atomic mass is 10.1. The summed E-state index contributed by atoms with van der Waals surface area (Å²) in [4.78, 5) is 12.2. The first kappa shape index (κ1) is 17.8. The minimum Gasteiger partial charge on any atom is -0.495 e. The van der Waals surface area contributed by atoms with Crippen molar-refractivity contribution in [2.45, 2.75) is 12.8 Å². The lowest BCUT2D eigenvalue weighted by molar-refractivity contribution is -0.176. The van der Waals surface area contributed by atoms with Crippen molar-refractivity contribution in [2.24, 2.45) is 0 Å². The van der Waals surface area contributed by atoms with Crippen LogP contribution in [0.1, 0.15) is 15.9 Å². The van der Waals surface area contributed by atoms with Crippen molar-refractivity contribution in [1.82, 2.24) is 0 Å². The average Bonchev–Trinajstić information content (AvgIpc) is 2.55. The van der Waals surface area contributed by atoms with Crippen molar-refractivity contribution in [3.05, 3.63) is 59.7 Å². The standard InChI is InChI=1S/C17H16F3NO3/c1-23-15-5-3-2-4-14(15)21-16(22)13-8-6-12(7-9-13)10-24-11-17(18,19)20/h2-9H,10-11H2,1H3,(H,21,22). The molecule has 1 amide bonds. The van der Waals surface area contributed by atoms with Gasteiger partial charge in [0.25, 0.3) is 5.91 Å². The van der Waals surface area contributed by atoms with E-state index in [2.05, 4.69) is 10.1 Å². The number of para-hydroxylation sites is 2. The lowest BCUT2D eigenvalue weighted by Crippen LogP contribution is -2.16. The van der Waals surface area contributed by atoms with E-state index < -0.39 is 12.8 Å². The molecule has 7 heteroatoms. The van der Waals surface area contributed by atoms with Crippen LogP contribution in [0.15, 0.2) is 48.5 Å². The van der Waals surface area contributed by atoms with Crippen molar-refractivity contribution in [3.63, 3.8) is 0 Å². The van der Waals surface area contributed by atoms with E-state index in [1.165, 1.54) is 19.2 Å². The number of alkyl halides is 3. The molecule has 0 bridgehead atoms. The Balaban J connectivity index is 1.96. The van der Waals surface area contributed by atoms with Gasteiger partial charge in [0.2, 0.25) is 0 Å². The molecule has 4 nitrogen and oxygen atoms in total. The zero-order chi connectivity index (χ0) is 17.6. The number of benzene rings is 2. The van der Waals surface area contributed by atoms with Gasteiger partial charge in [-0.15, -0.1) is 0 Å². The Labute approximate surface area is 137 Å². The summed E-state index contributed by atoms with van der Waals surface area (Å²) in [6, 6.07) is 13.1. The fourth-order valence-electron chi connectivity index (χ4n) is 1.98. The molecule has 0 saturated carbocycles.